The largest absolute Gasteiger partial charge is 0.482 e. The summed E-state index contributed by atoms with van der Waals surface area (Å²) in [6, 6.07) is 11.9. The highest BCUT2D eigenvalue weighted by molar-refractivity contribution is 7.89. The molecule has 2 aliphatic rings. The number of hydrogen-bond donors (Lipinski definition) is 1. The summed E-state index contributed by atoms with van der Waals surface area (Å²) in [6.45, 7) is 2.44. The lowest BCUT2D eigenvalue weighted by Gasteiger charge is -2.28. The van der Waals surface area contributed by atoms with Crippen LogP contribution >= 0.6 is 0 Å². The third-order valence-corrected chi connectivity index (χ3v) is 7.56. The van der Waals surface area contributed by atoms with Crippen LogP contribution in [0.1, 0.15) is 24.8 Å². The Kier molecular flexibility index (Phi) is 5.97. The van der Waals surface area contributed by atoms with Gasteiger partial charge in [0.1, 0.15) is 12.3 Å². The number of amides is 2. The van der Waals surface area contributed by atoms with Crippen molar-refractivity contribution >= 4 is 33.2 Å². The van der Waals surface area contributed by atoms with E-state index in [1.54, 1.807) is 43.3 Å². The second-order valence-corrected chi connectivity index (χ2v) is 9.64. The van der Waals surface area contributed by atoms with E-state index >= 15 is 0 Å². The van der Waals surface area contributed by atoms with Crippen LogP contribution in [0.2, 0.25) is 0 Å². The van der Waals surface area contributed by atoms with Crippen LogP contribution < -0.4 is 15.0 Å². The quantitative estimate of drug-likeness (QED) is 0.766. The Morgan fingerprint density at radius 1 is 1.10 bits per heavy atom. The Bertz CT molecular complexity index is 1110. The lowest BCUT2D eigenvalue weighted by Crippen LogP contribution is -2.43. The van der Waals surface area contributed by atoms with Gasteiger partial charge >= 0.3 is 0 Å². The first-order chi connectivity index (χ1) is 14.9. The second-order valence-electron chi connectivity index (χ2n) is 7.73. The van der Waals surface area contributed by atoms with E-state index in [0.717, 1.165) is 19.3 Å². The van der Waals surface area contributed by atoms with Crippen molar-refractivity contribution in [2.75, 3.05) is 36.5 Å². The minimum atomic E-state index is -3.63. The molecule has 8 nitrogen and oxygen atoms in total. The number of aryl methyl sites for hydroxylation is 1. The van der Waals surface area contributed by atoms with Crippen LogP contribution in [0.4, 0.5) is 11.4 Å². The van der Waals surface area contributed by atoms with Gasteiger partial charge < -0.3 is 10.1 Å². The summed E-state index contributed by atoms with van der Waals surface area (Å²) < 4.78 is 33.1. The van der Waals surface area contributed by atoms with Gasteiger partial charge in [0.2, 0.25) is 15.9 Å². The molecule has 0 aliphatic carbocycles. The smallest absolute Gasteiger partial charge is 0.265 e. The summed E-state index contributed by atoms with van der Waals surface area (Å²) in [4.78, 5) is 26.5. The number of nitrogens with zero attached hydrogens (tertiary/aromatic N) is 2. The number of carbonyl (C=O) groups is 2. The third-order valence-electron chi connectivity index (χ3n) is 5.51. The van der Waals surface area contributed by atoms with Crippen LogP contribution in [0.25, 0.3) is 0 Å². The Morgan fingerprint density at radius 3 is 2.61 bits per heavy atom. The minimum Gasteiger partial charge on any atom is -0.482 e. The van der Waals surface area contributed by atoms with Crippen LogP contribution in [0.5, 0.6) is 5.75 Å². The number of ether oxygens (including phenoxy) is 1. The molecule has 0 spiro atoms. The second kappa shape index (κ2) is 8.68. The molecule has 1 fully saturated rings. The van der Waals surface area contributed by atoms with Gasteiger partial charge in [0.15, 0.2) is 6.61 Å². The Labute approximate surface area is 181 Å². The van der Waals surface area contributed by atoms with Crippen molar-refractivity contribution in [1.82, 2.24) is 4.31 Å². The zero-order valence-electron chi connectivity index (χ0n) is 17.3. The summed E-state index contributed by atoms with van der Waals surface area (Å²) >= 11 is 0. The summed E-state index contributed by atoms with van der Waals surface area (Å²) in [5, 5.41) is 2.73. The van der Waals surface area contributed by atoms with Gasteiger partial charge in [-0.15, -0.1) is 0 Å². The summed E-state index contributed by atoms with van der Waals surface area (Å²) in [5.74, 6) is -0.193. The van der Waals surface area contributed by atoms with Crippen molar-refractivity contribution in [2.45, 2.75) is 31.1 Å². The molecule has 0 radical (unpaired) electrons. The number of rotatable bonds is 5. The molecule has 2 aliphatic heterocycles. The number of sulfonamides is 1. The van der Waals surface area contributed by atoms with Crippen molar-refractivity contribution in [1.29, 1.82) is 0 Å². The highest BCUT2D eigenvalue weighted by Crippen LogP contribution is 2.31. The van der Waals surface area contributed by atoms with Gasteiger partial charge in [0.25, 0.3) is 5.91 Å². The van der Waals surface area contributed by atoms with E-state index in [0.29, 0.717) is 35.8 Å². The number of benzene rings is 2. The van der Waals surface area contributed by atoms with Gasteiger partial charge in [-0.05, 0) is 49.6 Å². The number of nitrogens with one attached hydrogen (secondary N) is 1. The molecule has 9 heteroatoms. The number of carbonyl (C=O) groups excluding carboxylic acids is 2. The van der Waals surface area contributed by atoms with E-state index in [1.165, 1.54) is 15.3 Å². The molecule has 0 saturated carbocycles. The first-order valence-corrected chi connectivity index (χ1v) is 11.7. The molecule has 1 N–H and O–H groups in total. The van der Waals surface area contributed by atoms with Gasteiger partial charge in [-0.1, -0.05) is 24.6 Å². The van der Waals surface area contributed by atoms with Gasteiger partial charge in [0.05, 0.1) is 10.6 Å². The monoisotopic (exact) mass is 443 g/mol. The van der Waals surface area contributed by atoms with E-state index in [4.69, 9.17) is 4.74 Å². The Balaban J connectivity index is 1.52. The molecule has 2 heterocycles. The number of piperidine rings is 1. The molecular formula is C22H25N3O5S. The molecule has 2 aromatic rings. The van der Waals surface area contributed by atoms with E-state index in [9.17, 15) is 18.0 Å². The van der Waals surface area contributed by atoms with Crippen LogP contribution in [0.3, 0.4) is 0 Å². The number of fused-ring (bicyclic) bond motifs is 1. The predicted octanol–water partition coefficient (Wildman–Crippen LogP) is 2.53. The molecule has 164 valence electrons. The van der Waals surface area contributed by atoms with Crippen molar-refractivity contribution in [3.63, 3.8) is 0 Å². The highest BCUT2D eigenvalue weighted by Gasteiger charge is 2.29. The molecule has 1 saturated heterocycles. The van der Waals surface area contributed by atoms with Crippen molar-refractivity contribution < 1.29 is 22.7 Å². The average Bonchev–Trinajstić information content (AvgIpc) is 2.77. The minimum absolute atomic E-state index is 0.132. The van der Waals surface area contributed by atoms with Crippen LogP contribution in [-0.4, -0.2) is 50.8 Å². The molecular weight excluding hydrogens is 418 g/mol. The first kappa shape index (κ1) is 21.3. The fourth-order valence-corrected chi connectivity index (χ4v) is 5.64. The van der Waals surface area contributed by atoms with Crippen molar-refractivity contribution in [3.8, 4) is 5.75 Å². The molecule has 0 aromatic heterocycles. The van der Waals surface area contributed by atoms with Gasteiger partial charge in [-0.25, -0.2) is 8.42 Å². The summed E-state index contributed by atoms with van der Waals surface area (Å²) in [7, 11) is -3.63. The fourth-order valence-electron chi connectivity index (χ4n) is 3.87. The molecule has 2 amide bonds. The van der Waals surface area contributed by atoms with Gasteiger partial charge in [-0.2, -0.15) is 4.31 Å². The highest BCUT2D eigenvalue weighted by atomic mass is 32.2. The normalized spacial score (nSPS) is 17.1. The predicted molar refractivity (Wildman–Crippen MR) is 117 cm³/mol. The van der Waals surface area contributed by atoms with Crippen LogP contribution in [0.15, 0.2) is 47.4 Å². The third kappa shape index (κ3) is 4.42. The number of para-hydroxylation sites is 2. The fraction of sp³-hybridized carbons (Fsp3) is 0.364. The van der Waals surface area contributed by atoms with Crippen LogP contribution in [0, 0.1) is 6.92 Å². The molecule has 0 atom stereocenters. The average molecular weight is 444 g/mol. The van der Waals surface area contributed by atoms with E-state index in [2.05, 4.69) is 5.32 Å². The lowest BCUT2D eigenvalue weighted by molar-refractivity contribution is -0.123. The molecule has 2 aromatic carbocycles. The first-order valence-electron chi connectivity index (χ1n) is 10.3. The molecule has 0 bridgehead atoms. The Hall–Kier alpha value is -2.91. The molecule has 4 rings (SSSR count). The van der Waals surface area contributed by atoms with Crippen molar-refractivity contribution in [2.24, 2.45) is 0 Å². The van der Waals surface area contributed by atoms with E-state index in [-0.39, 0.29) is 24.0 Å². The lowest BCUT2D eigenvalue weighted by atomic mass is 10.2. The zero-order valence-corrected chi connectivity index (χ0v) is 18.2. The maximum atomic E-state index is 13.1. The maximum absolute atomic E-state index is 13.1. The topological polar surface area (TPSA) is 96.0 Å². The number of anilines is 2. The Morgan fingerprint density at radius 2 is 1.84 bits per heavy atom. The summed E-state index contributed by atoms with van der Waals surface area (Å²) in [6.07, 6.45) is 2.73. The molecule has 31 heavy (non-hydrogen) atoms. The van der Waals surface area contributed by atoms with Gasteiger partial charge in [0, 0.05) is 18.8 Å². The van der Waals surface area contributed by atoms with E-state index in [1.807, 2.05) is 0 Å². The van der Waals surface area contributed by atoms with Crippen molar-refractivity contribution in [3.05, 3.63) is 48.0 Å². The number of hydrogen-bond acceptors (Lipinski definition) is 5. The summed E-state index contributed by atoms with van der Waals surface area (Å²) in [5.41, 5.74) is 1.53. The SMILES string of the molecule is Cc1ccc(NC(=O)CN2C(=O)COc3ccccc32)cc1S(=O)(=O)N1CCCCC1. The molecule has 0 unspecified atom stereocenters. The zero-order chi connectivity index (χ0) is 22.0. The maximum Gasteiger partial charge on any atom is 0.265 e. The standard InChI is InChI=1S/C22H25N3O5S/c1-16-9-10-17(13-20(16)31(28,29)24-11-5-2-6-12-24)23-21(26)14-25-18-7-3-4-8-19(18)30-15-22(25)27/h3-4,7-10,13H,2,5-6,11-12,14-15H2,1H3,(H,23,26). The van der Waals surface area contributed by atoms with Gasteiger partial charge in [-0.3, -0.25) is 14.5 Å². The van der Waals surface area contributed by atoms with Crippen LogP contribution in [-0.2, 0) is 19.6 Å². The van der Waals surface area contributed by atoms with E-state index < -0.39 is 15.9 Å².